The number of hydrogen-bond acceptors (Lipinski definition) is 2. The maximum Gasteiger partial charge on any atom is 0.321 e. The van der Waals surface area contributed by atoms with Crippen LogP contribution < -0.4 is 10.6 Å². The Kier molecular flexibility index (Phi) is 4.30. The van der Waals surface area contributed by atoms with Gasteiger partial charge in [0.25, 0.3) is 0 Å². The Balaban J connectivity index is 1.87. The lowest BCUT2D eigenvalue weighted by atomic mass is 10.2. The second-order valence-electron chi connectivity index (χ2n) is 4.04. The Hall–Kier alpha value is -1.88. The second kappa shape index (κ2) is 6.16. The summed E-state index contributed by atoms with van der Waals surface area (Å²) in [4.78, 5) is 13.4. The largest absolute Gasteiger partial charge is 0.322 e. The van der Waals surface area contributed by atoms with Crippen molar-refractivity contribution in [2.75, 3.05) is 26.2 Å². The number of carbonyl (C=O) groups is 1. The van der Waals surface area contributed by atoms with Crippen molar-refractivity contribution in [3.63, 3.8) is 0 Å². The van der Waals surface area contributed by atoms with Crippen LogP contribution in [0.2, 0.25) is 0 Å². The van der Waals surface area contributed by atoms with Crippen LogP contribution in [-0.2, 0) is 0 Å². The van der Waals surface area contributed by atoms with Crippen molar-refractivity contribution in [2.45, 2.75) is 0 Å². The molecule has 1 aliphatic heterocycles. The Morgan fingerprint density at radius 2 is 2.06 bits per heavy atom. The fourth-order valence-electron chi connectivity index (χ4n) is 1.77. The quantitative estimate of drug-likeness (QED) is 0.832. The number of urea groups is 1. The topological polar surface area (TPSA) is 44.4 Å². The Morgan fingerprint density at radius 3 is 2.78 bits per heavy atom. The van der Waals surface area contributed by atoms with Crippen molar-refractivity contribution in [3.8, 4) is 0 Å². The van der Waals surface area contributed by atoms with Gasteiger partial charge in [0.15, 0.2) is 0 Å². The summed E-state index contributed by atoms with van der Waals surface area (Å²) in [5, 5.41) is 5.81. The smallest absolute Gasteiger partial charge is 0.321 e. The van der Waals surface area contributed by atoms with Crippen molar-refractivity contribution in [1.29, 1.82) is 0 Å². The molecule has 2 rings (SSSR count). The maximum atomic E-state index is 13.3. The Labute approximate surface area is 105 Å². The molecule has 0 saturated carbocycles. The first-order valence-corrected chi connectivity index (χ1v) is 5.94. The maximum absolute atomic E-state index is 13.3. The molecule has 1 fully saturated rings. The molecule has 1 saturated heterocycles. The molecule has 1 aliphatic rings. The molecule has 1 aromatic carbocycles. The van der Waals surface area contributed by atoms with Crippen molar-refractivity contribution in [2.24, 2.45) is 0 Å². The summed E-state index contributed by atoms with van der Waals surface area (Å²) in [6.07, 6.45) is 3.03. The van der Waals surface area contributed by atoms with E-state index in [0.717, 1.165) is 13.1 Å². The molecule has 0 atom stereocenters. The van der Waals surface area contributed by atoms with E-state index in [9.17, 15) is 9.18 Å². The molecular formula is C13H16FN3O. The average Bonchev–Trinajstić information content (AvgIpc) is 2.42. The van der Waals surface area contributed by atoms with Gasteiger partial charge >= 0.3 is 6.03 Å². The molecular weight excluding hydrogens is 233 g/mol. The van der Waals surface area contributed by atoms with Gasteiger partial charge in [-0.2, -0.15) is 0 Å². The highest BCUT2D eigenvalue weighted by molar-refractivity contribution is 5.76. The van der Waals surface area contributed by atoms with Crippen molar-refractivity contribution in [1.82, 2.24) is 15.5 Å². The zero-order valence-electron chi connectivity index (χ0n) is 10.0. The number of benzene rings is 1. The molecule has 2 N–H and O–H groups in total. The van der Waals surface area contributed by atoms with Crippen molar-refractivity contribution < 1.29 is 9.18 Å². The van der Waals surface area contributed by atoms with Gasteiger partial charge in [-0.3, -0.25) is 0 Å². The first-order chi connectivity index (χ1) is 8.77. The zero-order chi connectivity index (χ0) is 12.8. The van der Waals surface area contributed by atoms with Crippen molar-refractivity contribution in [3.05, 3.63) is 41.8 Å². The number of amides is 2. The molecule has 0 radical (unpaired) electrons. The van der Waals surface area contributed by atoms with Gasteiger partial charge in [-0.05, 0) is 12.1 Å². The van der Waals surface area contributed by atoms with E-state index in [1.807, 2.05) is 0 Å². The number of nitrogens with one attached hydrogen (secondary N) is 2. The van der Waals surface area contributed by atoms with Gasteiger partial charge in [0.1, 0.15) is 5.82 Å². The van der Waals surface area contributed by atoms with Gasteiger partial charge in [-0.15, -0.1) is 0 Å². The van der Waals surface area contributed by atoms with Gasteiger partial charge in [0, 0.05) is 37.9 Å². The van der Waals surface area contributed by atoms with Crippen LogP contribution in [-0.4, -0.2) is 37.1 Å². The third-order valence-electron chi connectivity index (χ3n) is 2.78. The van der Waals surface area contributed by atoms with Crippen LogP contribution in [0.5, 0.6) is 0 Å². The van der Waals surface area contributed by atoms with Crippen LogP contribution >= 0.6 is 0 Å². The summed E-state index contributed by atoms with van der Waals surface area (Å²) >= 11 is 0. The summed E-state index contributed by atoms with van der Waals surface area (Å²) in [5.74, 6) is -0.301. The molecule has 0 aromatic heterocycles. The van der Waals surface area contributed by atoms with Gasteiger partial charge in [-0.1, -0.05) is 18.2 Å². The normalized spacial score (nSPS) is 15.9. The molecule has 1 aromatic rings. The highest BCUT2D eigenvalue weighted by atomic mass is 19.1. The molecule has 2 amide bonds. The average molecular weight is 249 g/mol. The minimum atomic E-state index is -0.301. The van der Waals surface area contributed by atoms with Gasteiger partial charge in [0.05, 0.1) is 0 Å². The number of carbonyl (C=O) groups excluding carboxylic acids is 1. The van der Waals surface area contributed by atoms with Crippen LogP contribution in [0.4, 0.5) is 9.18 Å². The minimum Gasteiger partial charge on any atom is -0.322 e. The van der Waals surface area contributed by atoms with E-state index in [1.54, 1.807) is 29.2 Å². The summed E-state index contributed by atoms with van der Waals surface area (Å²) in [5.41, 5.74) is 0.457. The van der Waals surface area contributed by atoms with Crippen LogP contribution in [0.1, 0.15) is 5.56 Å². The minimum absolute atomic E-state index is 0.149. The molecule has 0 aliphatic carbocycles. The molecule has 0 spiro atoms. The monoisotopic (exact) mass is 249 g/mol. The van der Waals surface area contributed by atoms with E-state index in [4.69, 9.17) is 0 Å². The highest BCUT2D eigenvalue weighted by Gasteiger charge is 2.14. The molecule has 0 bridgehead atoms. The summed E-state index contributed by atoms with van der Waals surface area (Å²) < 4.78 is 13.3. The molecule has 1 heterocycles. The predicted octanol–water partition coefficient (Wildman–Crippen LogP) is 1.41. The van der Waals surface area contributed by atoms with Crippen LogP contribution in [0, 0.1) is 5.82 Å². The fourth-order valence-corrected chi connectivity index (χ4v) is 1.77. The number of nitrogens with zero attached hydrogens (tertiary/aromatic N) is 1. The molecule has 0 unspecified atom stereocenters. The summed E-state index contributed by atoms with van der Waals surface area (Å²) in [7, 11) is 0. The van der Waals surface area contributed by atoms with Crippen molar-refractivity contribution >= 4 is 12.1 Å². The Bertz CT molecular complexity index is 442. The lowest BCUT2D eigenvalue weighted by Crippen LogP contribution is -2.49. The second-order valence-corrected chi connectivity index (χ2v) is 4.04. The fraction of sp³-hybridized carbons (Fsp3) is 0.308. The third-order valence-corrected chi connectivity index (χ3v) is 2.78. The summed E-state index contributed by atoms with van der Waals surface area (Å²) in [6, 6.07) is 6.28. The van der Waals surface area contributed by atoms with E-state index >= 15 is 0 Å². The number of halogens is 1. The summed E-state index contributed by atoms with van der Waals surface area (Å²) in [6.45, 7) is 3.01. The molecule has 5 heteroatoms. The molecule has 18 heavy (non-hydrogen) atoms. The van der Waals surface area contributed by atoms with Crippen LogP contribution in [0.3, 0.4) is 0 Å². The first kappa shape index (κ1) is 12.6. The molecule has 4 nitrogen and oxygen atoms in total. The van der Waals surface area contributed by atoms with Gasteiger partial charge in [0.2, 0.25) is 0 Å². The molecule has 96 valence electrons. The van der Waals surface area contributed by atoms with Gasteiger partial charge < -0.3 is 15.5 Å². The van der Waals surface area contributed by atoms with E-state index in [-0.39, 0.29) is 11.8 Å². The van der Waals surface area contributed by atoms with E-state index < -0.39 is 0 Å². The SMILES string of the molecule is O=C(N/C=C/c1ccccc1F)N1CCNCC1. The van der Waals surface area contributed by atoms with E-state index in [0.29, 0.717) is 18.7 Å². The van der Waals surface area contributed by atoms with Crippen LogP contribution in [0.15, 0.2) is 30.5 Å². The lowest BCUT2D eigenvalue weighted by molar-refractivity contribution is 0.194. The number of piperazine rings is 1. The highest BCUT2D eigenvalue weighted by Crippen LogP contribution is 2.07. The predicted molar refractivity (Wildman–Crippen MR) is 68.4 cm³/mol. The standard InChI is InChI=1S/C13H16FN3O/c14-12-4-2-1-3-11(12)5-6-16-13(18)17-9-7-15-8-10-17/h1-6,15H,7-10H2,(H,16,18)/b6-5+. The van der Waals surface area contributed by atoms with Crippen LogP contribution in [0.25, 0.3) is 6.08 Å². The Morgan fingerprint density at radius 1 is 1.33 bits per heavy atom. The third kappa shape index (κ3) is 3.30. The van der Waals surface area contributed by atoms with E-state index in [1.165, 1.54) is 12.3 Å². The zero-order valence-corrected chi connectivity index (χ0v) is 10.0. The lowest BCUT2D eigenvalue weighted by Gasteiger charge is -2.26. The number of hydrogen-bond donors (Lipinski definition) is 2. The number of rotatable bonds is 2. The van der Waals surface area contributed by atoms with Gasteiger partial charge in [-0.25, -0.2) is 9.18 Å². The first-order valence-electron chi connectivity index (χ1n) is 5.94. The van der Waals surface area contributed by atoms with E-state index in [2.05, 4.69) is 10.6 Å².